The average Bonchev–Trinajstić information content (AvgIpc) is 2.71. The summed E-state index contributed by atoms with van der Waals surface area (Å²) in [6.45, 7) is 1.28. The van der Waals surface area contributed by atoms with Gasteiger partial charge in [-0.3, -0.25) is 9.79 Å². The number of aliphatic imine (C=N–C) groups is 1. The topological polar surface area (TPSA) is 85.8 Å². The van der Waals surface area contributed by atoms with E-state index in [1.165, 1.54) is 12.1 Å². The molecule has 1 amide bonds. The van der Waals surface area contributed by atoms with Crippen molar-refractivity contribution in [3.63, 3.8) is 0 Å². The molecule has 27 heavy (non-hydrogen) atoms. The van der Waals surface area contributed by atoms with Crippen molar-refractivity contribution in [2.24, 2.45) is 4.99 Å². The molecule has 0 aromatic heterocycles. The fraction of sp³-hybridized carbons (Fsp3) is 0.300. The summed E-state index contributed by atoms with van der Waals surface area (Å²) >= 11 is 0. The number of aliphatic hydroxyl groups excluding tert-OH is 1. The maximum atomic E-state index is 13.6. The number of rotatable bonds is 8. The van der Waals surface area contributed by atoms with E-state index in [4.69, 9.17) is 0 Å². The lowest BCUT2D eigenvalue weighted by atomic mass is 10.0. The molecule has 2 rings (SSSR count). The standard InChI is InChI=1S/C20H25FN4O2/c1-22-20(25-13-16(14-26)15-7-3-2-4-8-15)24-12-11-23-19(27)17-9-5-6-10-18(17)21/h2-10,16,26H,11-14H2,1H3,(H,23,27)(H2,22,24,25). The van der Waals surface area contributed by atoms with Gasteiger partial charge >= 0.3 is 0 Å². The second kappa shape index (κ2) is 10.9. The normalized spacial score (nSPS) is 12.3. The molecule has 0 bridgehead atoms. The number of guanidine groups is 1. The van der Waals surface area contributed by atoms with E-state index in [2.05, 4.69) is 20.9 Å². The van der Waals surface area contributed by atoms with Crippen LogP contribution < -0.4 is 16.0 Å². The number of aliphatic hydroxyl groups is 1. The van der Waals surface area contributed by atoms with E-state index in [-0.39, 0.29) is 18.1 Å². The van der Waals surface area contributed by atoms with Gasteiger partial charge in [-0.1, -0.05) is 42.5 Å². The Labute approximate surface area is 158 Å². The summed E-state index contributed by atoms with van der Waals surface area (Å²) in [6.07, 6.45) is 0. The number of hydrogen-bond acceptors (Lipinski definition) is 3. The van der Waals surface area contributed by atoms with E-state index >= 15 is 0 Å². The van der Waals surface area contributed by atoms with Crippen molar-refractivity contribution in [1.82, 2.24) is 16.0 Å². The van der Waals surface area contributed by atoms with Gasteiger partial charge in [0.2, 0.25) is 0 Å². The van der Waals surface area contributed by atoms with Crippen molar-refractivity contribution in [3.8, 4) is 0 Å². The molecule has 0 fully saturated rings. The molecule has 2 aromatic carbocycles. The SMILES string of the molecule is CN=C(NCCNC(=O)c1ccccc1F)NCC(CO)c1ccccc1. The summed E-state index contributed by atoms with van der Waals surface area (Å²) in [6, 6.07) is 15.6. The molecule has 0 spiro atoms. The van der Waals surface area contributed by atoms with Crippen molar-refractivity contribution in [2.45, 2.75) is 5.92 Å². The van der Waals surface area contributed by atoms with Crippen LogP contribution in [0, 0.1) is 5.82 Å². The Morgan fingerprint density at radius 3 is 2.37 bits per heavy atom. The summed E-state index contributed by atoms with van der Waals surface area (Å²) in [5.74, 6) is -0.492. The monoisotopic (exact) mass is 372 g/mol. The van der Waals surface area contributed by atoms with Gasteiger partial charge in [0.05, 0.1) is 12.2 Å². The van der Waals surface area contributed by atoms with Crippen LogP contribution in [-0.2, 0) is 0 Å². The minimum atomic E-state index is -0.545. The van der Waals surface area contributed by atoms with Gasteiger partial charge in [0.15, 0.2) is 5.96 Å². The van der Waals surface area contributed by atoms with Crippen LogP contribution in [0.2, 0.25) is 0 Å². The molecule has 1 atom stereocenters. The highest BCUT2D eigenvalue weighted by Gasteiger charge is 2.11. The molecular formula is C20H25FN4O2. The van der Waals surface area contributed by atoms with Gasteiger partial charge in [-0.25, -0.2) is 4.39 Å². The number of halogens is 1. The third kappa shape index (κ3) is 6.38. The van der Waals surface area contributed by atoms with E-state index < -0.39 is 11.7 Å². The molecule has 1 unspecified atom stereocenters. The second-order valence-corrected chi connectivity index (χ2v) is 5.91. The van der Waals surface area contributed by atoms with E-state index in [1.54, 1.807) is 19.2 Å². The lowest BCUT2D eigenvalue weighted by Crippen LogP contribution is -2.43. The molecule has 0 saturated carbocycles. The van der Waals surface area contributed by atoms with Crippen molar-refractivity contribution < 1.29 is 14.3 Å². The van der Waals surface area contributed by atoms with Gasteiger partial charge < -0.3 is 21.1 Å². The van der Waals surface area contributed by atoms with Gasteiger partial charge in [0, 0.05) is 32.6 Å². The Hall–Kier alpha value is -2.93. The minimum absolute atomic E-state index is 0.0205. The highest BCUT2D eigenvalue weighted by atomic mass is 19.1. The van der Waals surface area contributed by atoms with Crippen LogP contribution >= 0.6 is 0 Å². The number of amides is 1. The van der Waals surface area contributed by atoms with Crippen LogP contribution in [0.25, 0.3) is 0 Å². The molecule has 144 valence electrons. The Morgan fingerprint density at radius 1 is 1.04 bits per heavy atom. The Kier molecular flexibility index (Phi) is 8.25. The number of hydrogen-bond donors (Lipinski definition) is 4. The fourth-order valence-corrected chi connectivity index (χ4v) is 2.55. The third-order valence-corrected chi connectivity index (χ3v) is 4.05. The molecule has 7 heteroatoms. The second-order valence-electron chi connectivity index (χ2n) is 5.91. The smallest absolute Gasteiger partial charge is 0.254 e. The van der Waals surface area contributed by atoms with E-state index in [1.807, 2.05) is 30.3 Å². The molecule has 0 radical (unpaired) electrons. The fourth-order valence-electron chi connectivity index (χ4n) is 2.55. The van der Waals surface area contributed by atoms with Gasteiger partial charge in [0.1, 0.15) is 5.82 Å². The summed E-state index contributed by atoms with van der Waals surface area (Å²) < 4.78 is 13.6. The summed E-state index contributed by atoms with van der Waals surface area (Å²) in [7, 11) is 1.64. The predicted octanol–water partition coefficient (Wildman–Crippen LogP) is 1.50. The predicted molar refractivity (Wildman–Crippen MR) is 104 cm³/mol. The summed E-state index contributed by atoms with van der Waals surface area (Å²) in [5.41, 5.74) is 1.06. The van der Waals surface area contributed by atoms with Gasteiger partial charge in [-0.2, -0.15) is 0 Å². The van der Waals surface area contributed by atoms with Crippen molar-refractivity contribution in [3.05, 3.63) is 71.5 Å². The quantitative estimate of drug-likeness (QED) is 0.321. The van der Waals surface area contributed by atoms with Gasteiger partial charge in [0.25, 0.3) is 5.91 Å². The third-order valence-electron chi connectivity index (χ3n) is 4.05. The van der Waals surface area contributed by atoms with Crippen molar-refractivity contribution >= 4 is 11.9 Å². The van der Waals surface area contributed by atoms with Crippen LogP contribution in [0.3, 0.4) is 0 Å². The number of nitrogens with zero attached hydrogens (tertiary/aromatic N) is 1. The minimum Gasteiger partial charge on any atom is -0.396 e. The zero-order valence-corrected chi connectivity index (χ0v) is 15.3. The molecule has 4 N–H and O–H groups in total. The van der Waals surface area contributed by atoms with Crippen molar-refractivity contribution in [1.29, 1.82) is 0 Å². The van der Waals surface area contributed by atoms with Crippen LogP contribution in [0.1, 0.15) is 21.8 Å². The molecular weight excluding hydrogens is 347 g/mol. The van der Waals surface area contributed by atoms with Crippen LogP contribution in [0.15, 0.2) is 59.6 Å². The first-order valence-corrected chi connectivity index (χ1v) is 8.78. The maximum absolute atomic E-state index is 13.6. The van der Waals surface area contributed by atoms with Crippen LogP contribution in [-0.4, -0.2) is 50.3 Å². The van der Waals surface area contributed by atoms with E-state index in [0.29, 0.717) is 25.6 Å². The number of carbonyl (C=O) groups is 1. The Bertz CT molecular complexity index is 753. The molecule has 0 saturated heterocycles. The summed E-state index contributed by atoms with van der Waals surface area (Å²) in [5, 5.41) is 18.5. The molecule has 2 aromatic rings. The maximum Gasteiger partial charge on any atom is 0.254 e. The average molecular weight is 372 g/mol. The molecule has 0 aliphatic heterocycles. The van der Waals surface area contributed by atoms with Crippen LogP contribution in [0.4, 0.5) is 4.39 Å². The molecule has 0 heterocycles. The van der Waals surface area contributed by atoms with Gasteiger partial charge in [-0.05, 0) is 17.7 Å². The van der Waals surface area contributed by atoms with E-state index in [0.717, 1.165) is 5.56 Å². The lowest BCUT2D eigenvalue weighted by Gasteiger charge is -2.18. The number of benzene rings is 2. The zero-order valence-electron chi connectivity index (χ0n) is 15.3. The first kappa shape index (κ1) is 20.4. The van der Waals surface area contributed by atoms with Crippen LogP contribution in [0.5, 0.6) is 0 Å². The first-order chi connectivity index (χ1) is 13.2. The van der Waals surface area contributed by atoms with Gasteiger partial charge in [-0.15, -0.1) is 0 Å². The molecule has 0 aliphatic rings. The Morgan fingerprint density at radius 2 is 1.70 bits per heavy atom. The van der Waals surface area contributed by atoms with E-state index in [9.17, 15) is 14.3 Å². The zero-order chi connectivity index (χ0) is 19.5. The highest BCUT2D eigenvalue weighted by molar-refractivity contribution is 5.94. The highest BCUT2D eigenvalue weighted by Crippen LogP contribution is 2.13. The molecule has 6 nitrogen and oxygen atoms in total. The number of carbonyl (C=O) groups excluding carboxylic acids is 1. The summed E-state index contributed by atoms with van der Waals surface area (Å²) in [4.78, 5) is 16.1. The molecule has 0 aliphatic carbocycles. The lowest BCUT2D eigenvalue weighted by molar-refractivity contribution is 0.0950. The largest absolute Gasteiger partial charge is 0.396 e. The van der Waals surface area contributed by atoms with Crippen molar-refractivity contribution in [2.75, 3.05) is 33.3 Å². The Balaban J connectivity index is 1.74. The number of nitrogens with one attached hydrogen (secondary N) is 3. The first-order valence-electron chi connectivity index (χ1n) is 8.78.